The number of rotatable bonds is 6. The van der Waals surface area contributed by atoms with Crippen LogP contribution in [0.5, 0.6) is 23.0 Å². The van der Waals surface area contributed by atoms with Crippen LogP contribution in [0.2, 0.25) is 10.0 Å². The number of carbonyl (C=O) groups excluding carboxylic acids is 1. The fourth-order valence-electron chi connectivity index (χ4n) is 2.24. The molecule has 0 aliphatic rings. The first kappa shape index (κ1) is 18.2. The van der Waals surface area contributed by atoms with Crippen molar-refractivity contribution in [2.75, 3.05) is 28.4 Å². The Labute approximate surface area is 150 Å². The van der Waals surface area contributed by atoms with E-state index in [2.05, 4.69) is 0 Å². The van der Waals surface area contributed by atoms with Gasteiger partial charge in [-0.2, -0.15) is 0 Å². The van der Waals surface area contributed by atoms with E-state index in [4.69, 9.17) is 42.1 Å². The molecule has 0 aliphatic heterocycles. The van der Waals surface area contributed by atoms with E-state index < -0.39 is 5.78 Å². The highest BCUT2D eigenvalue weighted by Gasteiger charge is 2.25. The smallest absolute Gasteiger partial charge is 0.203 e. The standard InChI is InChI=1S/C17H16Cl2O5/c1-21-9-5-11(18)15(13(7-9)23-3)17(20)16-12(19)6-10(22-2)8-14(16)24-4/h5-8H,1-4H3. The quantitative estimate of drug-likeness (QED) is 0.711. The van der Waals surface area contributed by atoms with Crippen molar-refractivity contribution in [3.8, 4) is 23.0 Å². The maximum atomic E-state index is 13.0. The van der Waals surface area contributed by atoms with E-state index in [0.717, 1.165) is 0 Å². The van der Waals surface area contributed by atoms with Crippen LogP contribution < -0.4 is 18.9 Å². The third-order valence-electron chi connectivity index (χ3n) is 3.42. The van der Waals surface area contributed by atoms with Gasteiger partial charge in [0, 0.05) is 12.1 Å². The molecule has 0 atom stereocenters. The Kier molecular flexibility index (Phi) is 5.80. The van der Waals surface area contributed by atoms with Crippen LogP contribution in [0, 0.1) is 0 Å². The summed E-state index contributed by atoms with van der Waals surface area (Å²) in [6.45, 7) is 0. The maximum Gasteiger partial charge on any atom is 0.203 e. The zero-order valence-electron chi connectivity index (χ0n) is 13.6. The van der Waals surface area contributed by atoms with Gasteiger partial charge in [0.2, 0.25) is 5.78 Å². The molecule has 0 amide bonds. The molecule has 0 radical (unpaired) electrons. The van der Waals surface area contributed by atoms with E-state index >= 15 is 0 Å². The number of hydrogen-bond acceptors (Lipinski definition) is 5. The first-order chi connectivity index (χ1) is 11.5. The average Bonchev–Trinajstić information content (AvgIpc) is 2.59. The highest BCUT2D eigenvalue weighted by molar-refractivity contribution is 6.39. The predicted molar refractivity (Wildman–Crippen MR) is 92.5 cm³/mol. The van der Waals surface area contributed by atoms with Crippen LogP contribution in [0.3, 0.4) is 0 Å². The van der Waals surface area contributed by atoms with Crippen molar-refractivity contribution in [3.63, 3.8) is 0 Å². The first-order valence-corrected chi connectivity index (χ1v) is 7.60. The summed E-state index contributed by atoms with van der Waals surface area (Å²) in [4.78, 5) is 13.0. The Bertz CT molecular complexity index is 711. The molecule has 0 bridgehead atoms. The summed E-state index contributed by atoms with van der Waals surface area (Å²) in [5, 5.41) is 0.371. The third-order valence-corrected chi connectivity index (χ3v) is 4.02. The molecule has 0 heterocycles. The number of methoxy groups -OCH3 is 4. The van der Waals surface area contributed by atoms with Crippen LogP contribution >= 0.6 is 23.2 Å². The van der Waals surface area contributed by atoms with Crippen molar-refractivity contribution in [1.29, 1.82) is 0 Å². The molecular weight excluding hydrogens is 355 g/mol. The van der Waals surface area contributed by atoms with E-state index in [1.165, 1.54) is 40.6 Å². The minimum absolute atomic E-state index is 0.172. The number of ketones is 1. The van der Waals surface area contributed by atoms with Crippen LogP contribution in [0.25, 0.3) is 0 Å². The van der Waals surface area contributed by atoms with Gasteiger partial charge in [-0.15, -0.1) is 0 Å². The Hall–Kier alpha value is -2.11. The van der Waals surface area contributed by atoms with Crippen molar-refractivity contribution < 1.29 is 23.7 Å². The minimum atomic E-state index is -0.427. The maximum absolute atomic E-state index is 13.0. The summed E-state index contributed by atoms with van der Waals surface area (Å²) in [6.07, 6.45) is 0. The summed E-state index contributed by atoms with van der Waals surface area (Å²) < 4.78 is 20.8. The van der Waals surface area contributed by atoms with E-state index in [0.29, 0.717) is 11.5 Å². The lowest BCUT2D eigenvalue weighted by molar-refractivity contribution is 0.103. The molecule has 0 N–H and O–H groups in total. The molecule has 24 heavy (non-hydrogen) atoms. The van der Waals surface area contributed by atoms with Crippen LogP contribution in [0.15, 0.2) is 24.3 Å². The first-order valence-electron chi connectivity index (χ1n) is 6.84. The Morgan fingerprint density at radius 2 is 1.08 bits per heavy atom. The van der Waals surface area contributed by atoms with Crippen molar-refractivity contribution in [1.82, 2.24) is 0 Å². The van der Waals surface area contributed by atoms with Gasteiger partial charge in [-0.05, 0) is 12.1 Å². The van der Waals surface area contributed by atoms with Gasteiger partial charge in [0.1, 0.15) is 23.0 Å². The fraction of sp³-hybridized carbons (Fsp3) is 0.235. The molecular formula is C17H16Cl2O5. The molecule has 2 rings (SSSR count). The highest BCUT2D eigenvalue weighted by Crippen LogP contribution is 2.39. The zero-order valence-corrected chi connectivity index (χ0v) is 15.1. The van der Waals surface area contributed by atoms with Crippen molar-refractivity contribution in [3.05, 3.63) is 45.4 Å². The number of carbonyl (C=O) groups is 1. The SMILES string of the molecule is COc1cc(Cl)c(C(=O)c2c(Cl)cc(OC)cc2OC)c(OC)c1. The summed E-state index contributed by atoms with van der Waals surface area (Å²) in [5.41, 5.74) is 0.343. The second-order valence-corrected chi connectivity index (χ2v) is 5.52. The lowest BCUT2D eigenvalue weighted by Gasteiger charge is -2.15. The van der Waals surface area contributed by atoms with Crippen LogP contribution in [-0.2, 0) is 0 Å². The van der Waals surface area contributed by atoms with E-state index in [9.17, 15) is 4.79 Å². The van der Waals surface area contributed by atoms with Gasteiger partial charge in [-0.1, -0.05) is 23.2 Å². The summed E-state index contributed by atoms with van der Waals surface area (Å²) in [5.74, 6) is 1.07. The van der Waals surface area contributed by atoms with Crippen LogP contribution in [0.1, 0.15) is 15.9 Å². The van der Waals surface area contributed by atoms with Crippen LogP contribution in [-0.4, -0.2) is 34.2 Å². The minimum Gasteiger partial charge on any atom is -0.497 e. The molecule has 0 spiro atoms. The largest absolute Gasteiger partial charge is 0.497 e. The topological polar surface area (TPSA) is 54.0 Å². The summed E-state index contributed by atoms with van der Waals surface area (Å²) in [6, 6.07) is 6.20. The summed E-state index contributed by atoms with van der Waals surface area (Å²) in [7, 11) is 5.87. The van der Waals surface area contributed by atoms with Gasteiger partial charge in [0.25, 0.3) is 0 Å². The lowest BCUT2D eigenvalue weighted by Crippen LogP contribution is -2.08. The normalized spacial score (nSPS) is 10.2. The monoisotopic (exact) mass is 370 g/mol. The number of ether oxygens (including phenoxy) is 4. The van der Waals surface area contributed by atoms with Gasteiger partial charge < -0.3 is 18.9 Å². The Balaban J connectivity index is 2.66. The molecule has 7 heteroatoms. The van der Waals surface area contributed by atoms with Crippen molar-refractivity contribution in [2.45, 2.75) is 0 Å². The summed E-state index contributed by atoms with van der Waals surface area (Å²) >= 11 is 12.5. The van der Waals surface area contributed by atoms with Crippen LogP contribution in [0.4, 0.5) is 0 Å². The predicted octanol–water partition coefficient (Wildman–Crippen LogP) is 4.26. The number of benzene rings is 2. The molecule has 2 aromatic carbocycles. The van der Waals surface area contributed by atoms with Gasteiger partial charge >= 0.3 is 0 Å². The molecule has 0 aromatic heterocycles. The molecule has 0 unspecified atom stereocenters. The number of hydrogen-bond donors (Lipinski definition) is 0. The van der Waals surface area contributed by atoms with E-state index in [1.807, 2.05) is 0 Å². The van der Waals surface area contributed by atoms with E-state index in [1.54, 1.807) is 12.1 Å². The van der Waals surface area contributed by atoms with Gasteiger partial charge in [-0.3, -0.25) is 4.79 Å². The average molecular weight is 371 g/mol. The van der Waals surface area contributed by atoms with Gasteiger partial charge in [-0.25, -0.2) is 0 Å². The Morgan fingerprint density at radius 1 is 0.708 bits per heavy atom. The molecule has 128 valence electrons. The van der Waals surface area contributed by atoms with Crippen molar-refractivity contribution >= 4 is 29.0 Å². The molecule has 2 aromatic rings. The molecule has 0 fully saturated rings. The molecule has 0 saturated carbocycles. The third kappa shape index (κ3) is 3.37. The highest BCUT2D eigenvalue weighted by atomic mass is 35.5. The molecule has 0 saturated heterocycles. The zero-order chi connectivity index (χ0) is 17.9. The molecule has 5 nitrogen and oxygen atoms in total. The van der Waals surface area contributed by atoms with Gasteiger partial charge in [0.15, 0.2) is 0 Å². The lowest BCUT2D eigenvalue weighted by atomic mass is 10.0. The Morgan fingerprint density at radius 3 is 1.38 bits per heavy atom. The number of halogens is 2. The van der Waals surface area contributed by atoms with E-state index in [-0.39, 0.29) is 32.7 Å². The van der Waals surface area contributed by atoms with Crippen molar-refractivity contribution in [2.24, 2.45) is 0 Å². The second kappa shape index (κ2) is 7.64. The molecule has 0 aliphatic carbocycles. The fourth-order valence-corrected chi connectivity index (χ4v) is 2.81. The van der Waals surface area contributed by atoms with Gasteiger partial charge in [0.05, 0.1) is 49.6 Å². The second-order valence-electron chi connectivity index (χ2n) is 4.70.